The van der Waals surface area contributed by atoms with Crippen LogP contribution in [-0.4, -0.2) is 39.1 Å². The van der Waals surface area contributed by atoms with Crippen molar-refractivity contribution in [3.05, 3.63) is 70.0 Å². The number of benzene rings is 2. The largest absolute Gasteiger partial charge is 0.493 e. The second-order valence-corrected chi connectivity index (χ2v) is 7.92. The van der Waals surface area contributed by atoms with Crippen molar-refractivity contribution >= 4 is 17.4 Å². The summed E-state index contributed by atoms with van der Waals surface area (Å²) in [6, 6.07) is 15.3. The summed E-state index contributed by atoms with van der Waals surface area (Å²) in [7, 11) is 1.63. The second kappa shape index (κ2) is 8.62. The molecule has 0 spiro atoms. The van der Waals surface area contributed by atoms with Crippen molar-refractivity contribution in [2.45, 2.75) is 19.0 Å². The Morgan fingerprint density at radius 2 is 1.77 bits per heavy atom. The fourth-order valence-corrected chi connectivity index (χ4v) is 3.76. The van der Waals surface area contributed by atoms with Crippen molar-refractivity contribution in [1.82, 2.24) is 19.6 Å². The molecule has 0 unspecified atom stereocenters. The van der Waals surface area contributed by atoms with Gasteiger partial charge in [0.25, 0.3) is 5.56 Å². The number of H-pyrrole nitrogens is 1. The van der Waals surface area contributed by atoms with Gasteiger partial charge in [-0.15, -0.1) is 0 Å². The molecule has 0 saturated carbocycles. The van der Waals surface area contributed by atoms with Gasteiger partial charge in [0.1, 0.15) is 0 Å². The van der Waals surface area contributed by atoms with E-state index in [0.717, 1.165) is 16.7 Å². The molecule has 30 heavy (non-hydrogen) atoms. The monoisotopic (exact) mass is 422 g/mol. The highest BCUT2D eigenvalue weighted by atomic mass is 32.2. The van der Waals surface area contributed by atoms with Crippen LogP contribution >= 0.6 is 11.8 Å². The summed E-state index contributed by atoms with van der Waals surface area (Å²) in [5.74, 6) is 2.63. The van der Waals surface area contributed by atoms with Crippen LogP contribution in [0.5, 0.6) is 11.5 Å². The lowest BCUT2D eigenvalue weighted by Crippen LogP contribution is -2.07. The Kier molecular flexibility index (Phi) is 5.76. The van der Waals surface area contributed by atoms with E-state index < -0.39 is 0 Å². The van der Waals surface area contributed by atoms with E-state index in [-0.39, 0.29) is 5.56 Å². The smallest absolute Gasteiger partial charge is 0.266 e. The first-order chi connectivity index (χ1) is 14.5. The summed E-state index contributed by atoms with van der Waals surface area (Å²) >= 11 is 1.49. The maximum absolute atomic E-state index is 11.9. The molecule has 7 nitrogen and oxygen atoms in total. The van der Waals surface area contributed by atoms with E-state index >= 15 is 0 Å². The van der Waals surface area contributed by atoms with Gasteiger partial charge in [-0.3, -0.25) is 9.89 Å². The van der Waals surface area contributed by atoms with Crippen LogP contribution in [0.2, 0.25) is 0 Å². The van der Waals surface area contributed by atoms with Crippen molar-refractivity contribution in [1.29, 1.82) is 0 Å². The Hall–Kier alpha value is -3.26. The number of thioether (sulfide) groups is 1. The number of ether oxygens (including phenoxy) is 2. The Labute approximate surface area is 178 Å². The van der Waals surface area contributed by atoms with E-state index in [9.17, 15) is 4.79 Å². The number of fused-ring (bicyclic) bond motifs is 1. The van der Waals surface area contributed by atoms with Gasteiger partial charge in [0.2, 0.25) is 0 Å². The first-order valence-electron chi connectivity index (χ1n) is 9.50. The SMILES string of the molecule is COc1cc(C)ccc1OCCSc1nc(-c2ccc(C)cc2)nc2cc(=O)[nH]n12. The average molecular weight is 423 g/mol. The number of nitrogens with zero attached hydrogens (tertiary/aromatic N) is 3. The number of nitrogens with one attached hydrogen (secondary N) is 1. The van der Waals surface area contributed by atoms with E-state index in [4.69, 9.17) is 9.47 Å². The van der Waals surface area contributed by atoms with Crippen LogP contribution in [0, 0.1) is 13.8 Å². The summed E-state index contributed by atoms with van der Waals surface area (Å²) in [5.41, 5.74) is 3.49. The standard InChI is InChI=1S/C22H22N4O3S/c1-14-4-7-16(8-5-14)21-23-19-13-20(27)25-26(19)22(24-21)30-11-10-29-17-9-6-15(2)12-18(17)28-3/h4-9,12-13H,10-11H2,1-3H3,(H,25,27). The molecule has 0 aliphatic heterocycles. The van der Waals surface area contributed by atoms with Gasteiger partial charge < -0.3 is 9.47 Å². The van der Waals surface area contributed by atoms with Crippen molar-refractivity contribution in [3.8, 4) is 22.9 Å². The average Bonchev–Trinajstić information content (AvgIpc) is 3.12. The second-order valence-electron chi connectivity index (χ2n) is 6.86. The predicted octanol–water partition coefficient (Wildman–Crippen LogP) is 3.88. The third-order valence-electron chi connectivity index (χ3n) is 4.53. The fraction of sp³-hybridized carbons (Fsp3) is 0.227. The molecule has 2 heterocycles. The maximum Gasteiger partial charge on any atom is 0.266 e. The minimum atomic E-state index is -0.215. The number of aromatic nitrogens is 4. The van der Waals surface area contributed by atoms with E-state index in [1.54, 1.807) is 11.6 Å². The Bertz CT molecular complexity index is 1230. The predicted molar refractivity (Wildman–Crippen MR) is 118 cm³/mol. The molecule has 2 aromatic carbocycles. The zero-order valence-electron chi connectivity index (χ0n) is 17.0. The molecule has 0 aliphatic rings. The van der Waals surface area contributed by atoms with E-state index in [1.807, 2.05) is 56.3 Å². The molecule has 0 amide bonds. The molecule has 2 aromatic heterocycles. The van der Waals surface area contributed by atoms with Crippen LogP contribution in [-0.2, 0) is 0 Å². The van der Waals surface area contributed by atoms with E-state index in [1.165, 1.54) is 17.8 Å². The summed E-state index contributed by atoms with van der Waals surface area (Å²) in [5, 5.41) is 3.40. The third kappa shape index (κ3) is 4.33. The van der Waals surface area contributed by atoms with Gasteiger partial charge in [-0.25, -0.2) is 14.5 Å². The highest BCUT2D eigenvalue weighted by Gasteiger charge is 2.12. The molecule has 0 bridgehead atoms. The normalized spacial score (nSPS) is 11.0. The van der Waals surface area contributed by atoms with Crippen LogP contribution in [0.4, 0.5) is 0 Å². The summed E-state index contributed by atoms with van der Waals surface area (Å²) in [4.78, 5) is 21.0. The number of methoxy groups -OCH3 is 1. The van der Waals surface area contributed by atoms with Crippen LogP contribution < -0.4 is 15.0 Å². The topological polar surface area (TPSA) is 81.5 Å². The lowest BCUT2D eigenvalue weighted by atomic mass is 10.1. The summed E-state index contributed by atoms with van der Waals surface area (Å²) in [6.07, 6.45) is 0. The molecule has 0 fully saturated rings. The first-order valence-corrected chi connectivity index (χ1v) is 10.5. The Balaban J connectivity index is 1.53. The lowest BCUT2D eigenvalue weighted by molar-refractivity contribution is 0.313. The van der Waals surface area contributed by atoms with Crippen LogP contribution in [0.1, 0.15) is 11.1 Å². The highest BCUT2D eigenvalue weighted by Crippen LogP contribution is 2.28. The Morgan fingerprint density at radius 3 is 2.53 bits per heavy atom. The molecule has 4 aromatic rings. The number of aryl methyl sites for hydroxylation is 2. The van der Waals surface area contributed by atoms with Gasteiger partial charge >= 0.3 is 0 Å². The minimum Gasteiger partial charge on any atom is -0.493 e. The molecule has 0 atom stereocenters. The van der Waals surface area contributed by atoms with Crippen molar-refractivity contribution in [2.24, 2.45) is 0 Å². The van der Waals surface area contributed by atoms with E-state index in [0.29, 0.717) is 40.5 Å². The zero-order valence-corrected chi connectivity index (χ0v) is 17.8. The van der Waals surface area contributed by atoms with Gasteiger partial charge in [-0.1, -0.05) is 47.7 Å². The highest BCUT2D eigenvalue weighted by molar-refractivity contribution is 7.99. The van der Waals surface area contributed by atoms with Crippen LogP contribution in [0.15, 0.2) is 58.5 Å². The zero-order chi connectivity index (χ0) is 21.1. The minimum absolute atomic E-state index is 0.215. The molecule has 154 valence electrons. The maximum atomic E-state index is 11.9. The Morgan fingerprint density at radius 1 is 1.00 bits per heavy atom. The van der Waals surface area contributed by atoms with Crippen molar-refractivity contribution < 1.29 is 9.47 Å². The number of aromatic amines is 1. The van der Waals surface area contributed by atoms with Gasteiger partial charge in [-0.2, -0.15) is 0 Å². The fourth-order valence-electron chi connectivity index (χ4n) is 2.99. The van der Waals surface area contributed by atoms with Gasteiger partial charge in [-0.05, 0) is 31.5 Å². The van der Waals surface area contributed by atoms with E-state index in [2.05, 4.69) is 15.1 Å². The number of hydrogen-bond acceptors (Lipinski definition) is 6. The van der Waals surface area contributed by atoms with Crippen molar-refractivity contribution in [3.63, 3.8) is 0 Å². The molecular weight excluding hydrogens is 400 g/mol. The quantitative estimate of drug-likeness (QED) is 0.360. The van der Waals surface area contributed by atoms with Gasteiger partial charge in [0.15, 0.2) is 28.1 Å². The molecular formula is C22H22N4O3S. The number of rotatable bonds is 7. The molecule has 0 radical (unpaired) electrons. The summed E-state index contributed by atoms with van der Waals surface area (Å²) < 4.78 is 12.9. The molecule has 0 aliphatic carbocycles. The first kappa shape index (κ1) is 20.0. The molecule has 4 rings (SSSR count). The summed E-state index contributed by atoms with van der Waals surface area (Å²) in [6.45, 7) is 4.50. The van der Waals surface area contributed by atoms with Crippen LogP contribution in [0.25, 0.3) is 17.0 Å². The molecule has 8 heteroatoms. The van der Waals surface area contributed by atoms with Crippen LogP contribution in [0.3, 0.4) is 0 Å². The third-order valence-corrected chi connectivity index (χ3v) is 5.43. The number of hydrogen-bond donors (Lipinski definition) is 1. The molecule has 0 saturated heterocycles. The van der Waals surface area contributed by atoms with Crippen molar-refractivity contribution in [2.75, 3.05) is 19.5 Å². The van der Waals surface area contributed by atoms with Gasteiger partial charge in [0.05, 0.1) is 13.7 Å². The lowest BCUT2D eigenvalue weighted by Gasteiger charge is -2.11. The molecule has 1 N–H and O–H groups in total. The van der Waals surface area contributed by atoms with Gasteiger partial charge in [0, 0.05) is 17.4 Å².